The fourth-order valence-electron chi connectivity index (χ4n) is 2.78. The van der Waals surface area contributed by atoms with Crippen LogP contribution in [0.5, 0.6) is 0 Å². The van der Waals surface area contributed by atoms with Crippen molar-refractivity contribution in [1.82, 2.24) is 15.0 Å². The quantitative estimate of drug-likeness (QED) is 0.604. The highest BCUT2D eigenvalue weighted by atomic mass is 16.1. The van der Waals surface area contributed by atoms with Crippen molar-refractivity contribution in [3.05, 3.63) is 83.4 Å². The topological polar surface area (TPSA) is 59.8 Å². The van der Waals surface area contributed by atoms with Crippen LogP contribution < -0.4 is 5.32 Å². The molecule has 0 saturated carbocycles. The van der Waals surface area contributed by atoms with Crippen molar-refractivity contribution >= 4 is 22.6 Å². The molecule has 0 unspecified atom stereocenters. The molecule has 0 fully saturated rings. The van der Waals surface area contributed by atoms with Crippen molar-refractivity contribution in [2.24, 2.45) is 0 Å². The van der Waals surface area contributed by atoms with Gasteiger partial charge in [0.25, 0.3) is 5.91 Å². The second kappa shape index (κ2) is 6.44. The maximum absolute atomic E-state index is 12.5. The van der Waals surface area contributed by atoms with Gasteiger partial charge in [-0.3, -0.25) is 4.79 Å². The van der Waals surface area contributed by atoms with E-state index in [1.54, 1.807) is 4.80 Å². The van der Waals surface area contributed by atoms with Crippen molar-refractivity contribution in [1.29, 1.82) is 0 Å². The number of fused-ring (bicyclic) bond motifs is 1. The second-order valence-electron chi connectivity index (χ2n) is 6.30. The standard InChI is InChI=1S/C21H18N4O/c1-14-8-10-16(11-9-14)21(26)22-18-13-20-19(12-15(18)2)23-25(24-20)17-6-4-3-5-7-17/h3-13H,1-2H3,(H,22,26). The summed E-state index contributed by atoms with van der Waals surface area (Å²) in [5.41, 5.74) is 5.85. The number of rotatable bonds is 3. The second-order valence-corrected chi connectivity index (χ2v) is 6.30. The highest BCUT2D eigenvalue weighted by molar-refractivity contribution is 6.05. The van der Waals surface area contributed by atoms with Crippen LogP contribution in [-0.2, 0) is 0 Å². The third-order valence-electron chi connectivity index (χ3n) is 4.28. The predicted octanol–water partition coefficient (Wildman–Crippen LogP) is 4.29. The lowest BCUT2D eigenvalue weighted by molar-refractivity contribution is 0.102. The molecule has 5 nitrogen and oxygen atoms in total. The van der Waals surface area contributed by atoms with Crippen molar-refractivity contribution in [3.8, 4) is 5.69 Å². The largest absolute Gasteiger partial charge is 0.322 e. The summed E-state index contributed by atoms with van der Waals surface area (Å²) in [6, 6.07) is 21.0. The third-order valence-corrected chi connectivity index (χ3v) is 4.28. The third kappa shape index (κ3) is 3.07. The summed E-state index contributed by atoms with van der Waals surface area (Å²) in [6.07, 6.45) is 0. The molecular formula is C21H18N4O. The number of amides is 1. The van der Waals surface area contributed by atoms with E-state index >= 15 is 0 Å². The van der Waals surface area contributed by atoms with Crippen LogP contribution in [0.4, 0.5) is 5.69 Å². The highest BCUT2D eigenvalue weighted by Crippen LogP contribution is 2.23. The molecule has 26 heavy (non-hydrogen) atoms. The molecule has 0 saturated heterocycles. The minimum atomic E-state index is -0.136. The van der Waals surface area contributed by atoms with Crippen LogP contribution in [-0.4, -0.2) is 20.9 Å². The predicted molar refractivity (Wildman–Crippen MR) is 103 cm³/mol. The lowest BCUT2D eigenvalue weighted by atomic mass is 10.1. The number of aryl methyl sites for hydroxylation is 2. The molecule has 3 aromatic carbocycles. The summed E-state index contributed by atoms with van der Waals surface area (Å²) in [5.74, 6) is -0.136. The first kappa shape index (κ1) is 16.0. The molecule has 1 aromatic heterocycles. The van der Waals surface area contributed by atoms with Crippen LogP contribution >= 0.6 is 0 Å². The number of carbonyl (C=O) groups excluding carboxylic acids is 1. The molecule has 1 N–H and O–H groups in total. The van der Waals surface area contributed by atoms with E-state index in [4.69, 9.17) is 0 Å². The van der Waals surface area contributed by atoms with Gasteiger partial charge < -0.3 is 5.32 Å². The number of carbonyl (C=O) groups is 1. The van der Waals surface area contributed by atoms with E-state index in [0.717, 1.165) is 33.5 Å². The molecule has 0 aliphatic rings. The Kier molecular flexibility index (Phi) is 3.97. The van der Waals surface area contributed by atoms with Crippen LogP contribution in [0, 0.1) is 13.8 Å². The van der Waals surface area contributed by atoms with Crippen LogP contribution in [0.1, 0.15) is 21.5 Å². The van der Waals surface area contributed by atoms with E-state index in [9.17, 15) is 4.79 Å². The molecule has 0 radical (unpaired) electrons. The number of nitrogens with zero attached hydrogens (tertiary/aromatic N) is 3. The molecule has 0 atom stereocenters. The first-order valence-corrected chi connectivity index (χ1v) is 8.41. The number of aromatic nitrogens is 3. The Bertz CT molecular complexity index is 1080. The number of nitrogens with one attached hydrogen (secondary N) is 1. The molecule has 0 aliphatic heterocycles. The van der Waals surface area contributed by atoms with Crippen LogP contribution in [0.25, 0.3) is 16.7 Å². The van der Waals surface area contributed by atoms with Crippen molar-refractivity contribution in [2.75, 3.05) is 5.32 Å². The van der Waals surface area contributed by atoms with E-state index in [1.165, 1.54) is 0 Å². The van der Waals surface area contributed by atoms with Gasteiger partial charge in [0.1, 0.15) is 11.0 Å². The molecule has 0 bridgehead atoms. The lowest BCUT2D eigenvalue weighted by Gasteiger charge is -2.08. The average Bonchev–Trinajstić information content (AvgIpc) is 3.06. The Morgan fingerprint density at radius 1 is 0.885 bits per heavy atom. The summed E-state index contributed by atoms with van der Waals surface area (Å²) >= 11 is 0. The molecule has 1 heterocycles. The smallest absolute Gasteiger partial charge is 0.255 e. The van der Waals surface area contributed by atoms with E-state index in [-0.39, 0.29) is 5.91 Å². The number of para-hydroxylation sites is 1. The Labute approximate surface area is 151 Å². The Hall–Kier alpha value is -3.47. The molecule has 4 aromatic rings. The van der Waals surface area contributed by atoms with E-state index in [0.29, 0.717) is 5.56 Å². The summed E-state index contributed by atoms with van der Waals surface area (Å²) in [4.78, 5) is 14.1. The fourth-order valence-corrected chi connectivity index (χ4v) is 2.78. The first-order chi connectivity index (χ1) is 12.6. The fraction of sp³-hybridized carbons (Fsp3) is 0.0952. The zero-order valence-corrected chi connectivity index (χ0v) is 14.6. The molecule has 128 valence electrons. The van der Waals surface area contributed by atoms with Gasteiger partial charge in [0.15, 0.2) is 0 Å². The minimum absolute atomic E-state index is 0.136. The number of anilines is 1. The van der Waals surface area contributed by atoms with Gasteiger partial charge in [-0.05, 0) is 55.8 Å². The summed E-state index contributed by atoms with van der Waals surface area (Å²) in [6.45, 7) is 3.95. The highest BCUT2D eigenvalue weighted by Gasteiger charge is 2.11. The molecule has 5 heteroatoms. The van der Waals surface area contributed by atoms with E-state index < -0.39 is 0 Å². The van der Waals surface area contributed by atoms with Crippen molar-refractivity contribution in [3.63, 3.8) is 0 Å². The van der Waals surface area contributed by atoms with E-state index in [2.05, 4.69) is 15.5 Å². The monoisotopic (exact) mass is 342 g/mol. The number of hydrogen-bond donors (Lipinski definition) is 1. The van der Waals surface area contributed by atoms with E-state index in [1.807, 2.05) is 80.6 Å². The summed E-state index contributed by atoms with van der Waals surface area (Å²) < 4.78 is 0. The molecule has 0 spiro atoms. The summed E-state index contributed by atoms with van der Waals surface area (Å²) in [5, 5.41) is 12.0. The van der Waals surface area contributed by atoms with Gasteiger partial charge in [0.05, 0.1) is 5.69 Å². The van der Waals surface area contributed by atoms with Crippen LogP contribution in [0.15, 0.2) is 66.7 Å². The maximum Gasteiger partial charge on any atom is 0.255 e. The number of benzene rings is 3. The SMILES string of the molecule is Cc1ccc(C(=O)Nc2cc3nn(-c4ccccc4)nc3cc2C)cc1. The Morgan fingerprint density at radius 2 is 1.54 bits per heavy atom. The first-order valence-electron chi connectivity index (χ1n) is 8.41. The van der Waals surface area contributed by atoms with Crippen LogP contribution in [0.2, 0.25) is 0 Å². The summed E-state index contributed by atoms with van der Waals surface area (Å²) in [7, 11) is 0. The van der Waals surface area contributed by atoms with Gasteiger partial charge in [-0.1, -0.05) is 35.9 Å². The van der Waals surface area contributed by atoms with Gasteiger partial charge in [0.2, 0.25) is 0 Å². The van der Waals surface area contributed by atoms with Crippen molar-refractivity contribution in [2.45, 2.75) is 13.8 Å². The molecule has 1 amide bonds. The zero-order chi connectivity index (χ0) is 18.1. The van der Waals surface area contributed by atoms with Gasteiger partial charge in [-0.2, -0.15) is 4.80 Å². The Balaban J connectivity index is 1.66. The molecule has 0 aliphatic carbocycles. The van der Waals surface area contributed by atoms with Gasteiger partial charge >= 0.3 is 0 Å². The lowest BCUT2D eigenvalue weighted by Crippen LogP contribution is -2.12. The normalized spacial score (nSPS) is 10.8. The van der Waals surface area contributed by atoms with Gasteiger partial charge in [-0.15, -0.1) is 10.2 Å². The molecule has 4 rings (SSSR count). The average molecular weight is 342 g/mol. The van der Waals surface area contributed by atoms with Gasteiger partial charge in [0, 0.05) is 11.3 Å². The zero-order valence-electron chi connectivity index (χ0n) is 14.6. The Morgan fingerprint density at radius 3 is 2.23 bits per heavy atom. The minimum Gasteiger partial charge on any atom is -0.322 e. The van der Waals surface area contributed by atoms with Crippen molar-refractivity contribution < 1.29 is 4.79 Å². The molecular weight excluding hydrogens is 324 g/mol. The maximum atomic E-state index is 12.5. The van der Waals surface area contributed by atoms with Crippen LogP contribution in [0.3, 0.4) is 0 Å². The number of hydrogen-bond acceptors (Lipinski definition) is 3. The van der Waals surface area contributed by atoms with Gasteiger partial charge in [-0.25, -0.2) is 0 Å².